The highest BCUT2D eigenvalue weighted by Crippen LogP contribution is 2.56. The lowest BCUT2D eigenvalue weighted by molar-refractivity contribution is 0.661. The zero-order chi connectivity index (χ0) is 38.0. The number of nitrogens with zero attached hydrogens (tertiary/aromatic N) is 2. The van der Waals surface area contributed by atoms with Gasteiger partial charge in [-0.25, -0.2) is 0 Å². The molecule has 0 heterocycles. The summed E-state index contributed by atoms with van der Waals surface area (Å²) in [5.41, 5.74) is 13.2. The molecule has 1 aliphatic rings. The lowest BCUT2D eigenvalue weighted by Gasteiger charge is -2.31. The number of aryl methyl sites for hydroxylation is 1. The number of halogens is 1. The van der Waals surface area contributed by atoms with E-state index >= 15 is 0 Å². The second kappa shape index (κ2) is 13.9. The Labute approximate surface area is 345 Å². The lowest BCUT2D eigenvalue weighted by Crippen LogP contribution is -2.18. The van der Waals surface area contributed by atoms with Crippen molar-refractivity contribution in [3.8, 4) is 11.1 Å². The van der Waals surface area contributed by atoms with Crippen LogP contribution in [0.2, 0.25) is 0 Å². The van der Waals surface area contributed by atoms with Crippen molar-refractivity contribution >= 4 is 96.6 Å². The number of anilines is 6. The number of hydrogen-bond acceptors (Lipinski definition) is 3. The first-order valence-corrected chi connectivity index (χ1v) is 22.5. The Bertz CT molecular complexity index is 2940. The summed E-state index contributed by atoms with van der Waals surface area (Å²) in [6.07, 6.45) is 0. The first kappa shape index (κ1) is 34.9. The van der Waals surface area contributed by atoms with Crippen LogP contribution in [0.1, 0.15) is 30.5 Å². The van der Waals surface area contributed by atoms with Crippen molar-refractivity contribution < 1.29 is 0 Å². The number of hydrogen-bond donors (Lipinski definition) is 0. The molecular weight excluding hydrogens is 812 g/mol. The summed E-state index contributed by atoms with van der Waals surface area (Å²) < 4.78 is 0. The van der Waals surface area contributed by atoms with E-state index in [0.29, 0.717) is 0 Å². The zero-order valence-corrected chi connectivity index (χ0v) is 34.5. The van der Waals surface area contributed by atoms with E-state index in [1.54, 1.807) is 8.93 Å². The van der Waals surface area contributed by atoms with Gasteiger partial charge in [0.25, 0.3) is 0 Å². The summed E-state index contributed by atoms with van der Waals surface area (Å²) in [6.45, 7) is 6.96. The highest BCUT2D eigenvalue weighted by Gasteiger charge is 2.38. The Kier molecular flexibility index (Phi) is 8.65. The number of rotatable bonds is 7. The third-order valence-corrected chi connectivity index (χ3v) is 13.6. The summed E-state index contributed by atoms with van der Waals surface area (Å²) in [4.78, 5) is 6.16. The molecule has 0 radical (unpaired) electrons. The van der Waals surface area contributed by atoms with E-state index in [-0.39, 0.29) is 5.41 Å². The summed E-state index contributed by atoms with van der Waals surface area (Å²) >= 11 is 2.37. The van der Waals surface area contributed by atoms with E-state index in [2.05, 4.69) is 234 Å². The van der Waals surface area contributed by atoms with Crippen LogP contribution in [0.4, 0.5) is 34.1 Å². The summed E-state index contributed by atoms with van der Waals surface area (Å²) in [5, 5.41) is 7.42. The van der Waals surface area contributed by atoms with E-state index in [1.165, 1.54) is 82.1 Å². The highest BCUT2D eigenvalue weighted by atomic mass is 127. The van der Waals surface area contributed by atoms with Crippen molar-refractivity contribution in [1.29, 1.82) is 0 Å². The van der Waals surface area contributed by atoms with Gasteiger partial charge in [0.05, 0.1) is 17.1 Å². The molecule has 0 bridgehead atoms. The van der Waals surface area contributed by atoms with E-state index in [1.807, 2.05) is 0 Å². The molecular formula is C52H39IN2S. The monoisotopic (exact) mass is 850 g/mol. The van der Waals surface area contributed by atoms with Gasteiger partial charge in [0, 0.05) is 64.7 Å². The van der Waals surface area contributed by atoms with Crippen LogP contribution in [-0.2, 0) is 5.41 Å². The fraction of sp³-hybridized carbons (Fsp3) is 0.0769. The van der Waals surface area contributed by atoms with Crippen molar-refractivity contribution in [2.75, 3.05) is 9.80 Å². The molecule has 9 aromatic carbocycles. The molecule has 0 aliphatic heterocycles. The Morgan fingerprint density at radius 1 is 0.446 bits per heavy atom. The van der Waals surface area contributed by atoms with E-state index < -0.39 is 0 Å². The average Bonchev–Trinajstić information content (AvgIpc) is 3.47. The first-order valence-electron chi connectivity index (χ1n) is 19.1. The zero-order valence-electron chi connectivity index (χ0n) is 31.5. The van der Waals surface area contributed by atoms with E-state index in [9.17, 15) is 0 Å². The maximum absolute atomic E-state index is 2.49. The van der Waals surface area contributed by atoms with Crippen LogP contribution in [0.15, 0.2) is 187 Å². The van der Waals surface area contributed by atoms with Gasteiger partial charge in [0.1, 0.15) is 0 Å². The van der Waals surface area contributed by atoms with Crippen molar-refractivity contribution in [3.63, 3.8) is 0 Å². The molecule has 4 heteroatoms. The fourth-order valence-corrected chi connectivity index (χ4v) is 9.98. The van der Waals surface area contributed by atoms with Crippen LogP contribution in [0.25, 0.3) is 43.4 Å². The molecule has 0 saturated carbocycles. The van der Waals surface area contributed by atoms with Gasteiger partial charge < -0.3 is 9.80 Å². The van der Waals surface area contributed by atoms with Crippen LogP contribution in [0.5, 0.6) is 0 Å². The molecule has 1 aliphatic carbocycles. The molecule has 10 rings (SSSR count). The van der Waals surface area contributed by atoms with Crippen molar-refractivity contribution in [2.45, 2.75) is 31.1 Å². The van der Waals surface area contributed by atoms with E-state index in [0.717, 1.165) is 17.1 Å². The molecule has 0 saturated heterocycles. The van der Waals surface area contributed by atoms with Gasteiger partial charge in [0.2, 0.25) is 0 Å². The lowest BCUT2D eigenvalue weighted by atomic mass is 9.81. The van der Waals surface area contributed by atoms with Crippen molar-refractivity contribution in [3.05, 3.63) is 199 Å². The van der Waals surface area contributed by atoms with Crippen LogP contribution >= 0.6 is 30.1 Å². The highest BCUT2D eigenvalue weighted by molar-refractivity contribution is 14.2. The quantitative estimate of drug-likeness (QED) is 0.148. The average molecular weight is 851 g/mol. The van der Waals surface area contributed by atoms with Gasteiger partial charge in [-0.2, -0.15) is 0 Å². The minimum absolute atomic E-state index is 0.275. The predicted octanol–water partition coefficient (Wildman–Crippen LogP) is 16.1. The SMILES string of the molecule is Cc1ccc(N(c2ccc3c(c2)C(C)(C)c2cc(N(c4ccc(SI)cc4)c4cccc5ccccc45)c4ccccc4c2-3)c2cccc3ccccc23)cc1. The third-order valence-electron chi connectivity index (χ3n) is 11.6. The molecule has 0 fully saturated rings. The maximum Gasteiger partial charge on any atom is 0.0543 e. The van der Waals surface area contributed by atoms with Gasteiger partial charge in [-0.1, -0.05) is 144 Å². The van der Waals surface area contributed by atoms with Gasteiger partial charge in [0.15, 0.2) is 0 Å². The predicted molar refractivity (Wildman–Crippen MR) is 251 cm³/mol. The third kappa shape index (κ3) is 5.69. The Morgan fingerprint density at radius 2 is 0.964 bits per heavy atom. The molecule has 2 nitrogen and oxygen atoms in total. The topological polar surface area (TPSA) is 6.48 Å². The second-order valence-electron chi connectivity index (χ2n) is 15.3. The molecule has 9 aromatic rings. The standard InChI is InChI=1S/C52H39IN2S/c1-34-22-24-37(25-23-34)54(48-20-10-14-35-12-4-6-16-41(35)48)39-28-31-45-46(32-39)52(2,3)47-33-50(43-18-8-9-19-44(43)51(45)47)55(38-26-29-40(56-53)30-27-38)49-21-11-15-36-13-5-7-17-42(36)49/h4-33H,1-3H3. The Morgan fingerprint density at radius 3 is 1.61 bits per heavy atom. The van der Waals surface area contributed by atoms with Gasteiger partial charge in [-0.05, 0) is 112 Å². The van der Waals surface area contributed by atoms with E-state index in [4.69, 9.17) is 0 Å². The molecule has 0 unspecified atom stereocenters. The summed E-state index contributed by atoms with van der Waals surface area (Å²) in [6, 6.07) is 67.3. The summed E-state index contributed by atoms with van der Waals surface area (Å²) in [5.74, 6) is 0. The number of benzene rings is 9. The number of fused-ring (bicyclic) bond motifs is 7. The fourth-order valence-electron chi connectivity index (χ4n) is 8.86. The van der Waals surface area contributed by atoms with Gasteiger partial charge in [-0.3, -0.25) is 0 Å². The Hall–Kier alpha value is -5.56. The van der Waals surface area contributed by atoms with Crippen molar-refractivity contribution in [2.24, 2.45) is 0 Å². The van der Waals surface area contributed by atoms with Crippen LogP contribution < -0.4 is 9.80 Å². The minimum atomic E-state index is -0.275. The van der Waals surface area contributed by atoms with Gasteiger partial charge >= 0.3 is 0 Å². The van der Waals surface area contributed by atoms with Crippen LogP contribution in [0, 0.1) is 6.92 Å². The molecule has 56 heavy (non-hydrogen) atoms. The molecule has 270 valence electrons. The smallest absolute Gasteiger partial charge is 0.0543 e. The largest absolute Gasteiger partial charge is 0.310 e. The maximum atomic E-state index is 2.49. The first-order chi connectivity index (χ1) is 27.4. The Balaban J connectivity index is 1.20. The van der Waals surface area contributed by atoms with Crippen LogP contribution in [0.3, 0.4) is 0 Å². The second-order valence-corrected chi connectivity index (χ2v) is 17.2. The van der Waals surface area contributed by atoms with Gasteiger partial charge in [-0.15, -0.1) is 0 Å². The minimum Gasteiger partial charge on any atom is -0.310 e. The molecule has 0 atom stereocenters. The molecule has 0 spiro atoms. The molecule has 0 amide bonds. The van der Waals surface area contributed by atoms with Crippen molar-refractivity contribution in [1.82, 2.24) is 0 Å². The molecule has 0 aromatic heterocycles. The summed E-state index contributed by atoms with van der Waals surface area (Å²) in [7, 11) is 1.74. The molecule has 0 N–H and O–H groups in total. The van der Waals surface area contributed by atoms with Crippen LogP contribution in [-0.4, -0.2) is 0 Å². The normalized spacial score (nSPS) is 12.9.